The average molecular weight is 581 g/mol. The summed E-state index contributed by atoms with van der Waals surface area (Å²) >= 11 is 0. The van der Waals surface area contributed by atoms with Gasteiger partial charge in [0.15, 0.2) is 0 Å². The molecule has 0 aliphatic heterocycles. The van der Waals surface area contributed by atoms with Gasteiger partial charge in [0, 0.05) is 82.4 Å². The second-order valence-corrected chi connectivity index (χ2v) is 0. The molecule has 0 aliphatic rings. The van der Waals surface area contributed by atoms with Crippen molar-refractivity contribution in [1.29, 1.82) is 0 Å². The van der Waals surface area contributed by atoms with E-state index in [-0.39, 0.29) is 82.4 Å². The van der Waals surface area contributed by atoms with Crippen LogP contribution in [0.1, 0.15) is 0 Å². The predicted octanol–water partition coefficient (Wildman–Crippen LogP) is -0.0100. The molecule has 0 amide bonds. The zero-order valence-corrected chi connectivity index (χ0v) is 10.4. The maximum absolute atomic E-state index is 0. The van der Waals surface area contributed by atoms with Crippen LogP contribution in [0, 0.1) is 0 Å². The first-order valence-electron chi connectivity index (χ1n) is 0. The molecule has 0 spiro atoms. The maximum Gasteiger partial charge on any atom is 0 e. The van der Waals surface area contributed by atoms with Crippen LogP contribution in [0.15, 0.2) is 0 Å². The third-order valence-electron chi connectivity index (χ3n) is 0. The molecule has 0 aliphatic carbocycles. The Balaban J connectivity index is 0. The minimum atomic E-state index is 0. The second-order valence-electron chi connectivity index (χ2n) is 0. The summed E-state index contributed by atoms with van der Waals surface area (Å²) in [6.07, 6.45) is 0. The van der Waals surface area contributed by atoms with Gasteiger partial charge in [0.05, 0.1) is 0 Å². The average Bonchev–Trinajstić information content (AvgIpc) is 0. The first-order chi connectivity index (χ1) is 0. The van der Waals surface area contributed by atoms with Crippen molar-refractivity contribution in [2.45, 2.75) is 0 Å². The SMILES string of the molecule is [Ir].[Pd].[Ru].[Ta]. The Morgan fingerprint density at radius 3 is 1.00 bits per heavy atom. The molecule has 32 valence electrons. The standard InChI is InChI=1S/Ir.Pd.Ru.Ta. The molecule has 0 saturated heterocycles. The van der Waals surface area contributed by atoms with Gasteiger partial charge in [0.2, 0.25) is 0 Å². The third-order valence-corrected chi connectivity index (χ3v) is 0. The smallest absolute Gasteiger partial charge is 0 e. The van der Waals surface area contributed by atoms with Crippen molar-refractivity contribution in [2.24, 2.45) is 0 Å². The van der Waals surface area contributed by atoms with Crippen molar-refractivity contribution in [2.75, 3.05) is 0 Å². The van der Waals surface area contributed by atoms with Crippen molar-refractivity contribution in [3.63, 3.8) is 0 Å². The monoisotopic (exact) mass is 582 g/mol. The molecule has 0 unspecified atom stereocenters. The van der Waals surface area contributed by atoms with Gasteiger partial charge in [-0.25, -0.2) is 0 Å². The molecule has 0 heterocycles. The van der Waals surface area contributed by atoms with Gasteiger partial charge in [0.25, 0.3) is 0 Å². The molecule has 4 heteroatoms. The molecule has 0 fully saturated rings. The van der Waals surface area contributed by atoms with E-state index in [1.807, 2.05) is 0 Å². The van der Waals surface area contributed by atoms with Crippen LogP contribution in [0.25, 0.3) is 0 Å². The summed E-state index contributed by atoms with van der Waals surface area (Å²) < 4.78 is 0. The van der Waals surface area contributed by atoms with E-state index in [1.54, 1.807) is 0 Å². The summed E-state index contributed by atoms with van der Waals surface area (Å²) in [6, 6.07) is 0. The van der Waals surface area contributed by atoms with E-state index in [2.05, 4.69) is 0 Å². The maximum atomic E-state index is 0. The van der Waals surface area contributed by atoms with Crippen LogP contribution < -0.4 is 0 Å². The predicted molar refractivity (Wildman–Crippen MR) is 0 cm³/mol. The normalized spacial score (nSPS) is 0. The van der Waals surface area contributed by atoms with Gasteiger partial charge in [-0.1, -0.05) is 0 Å². The van der Waals surface area contributed by atoms with Crippen LogP contribution >= 0.6 is 0 Å². The number of hydrogen-bond donors (Lipinski definition) is 0. The van der Waals surface area contributed by atoms with E-state index in [9.17, 15) is 0 Å². The fourth-order valence-corrected chi connectivity index (χ4v) is 0. The Bertz CT molecular complexity index is 8.00. The summed E-state index contributed by atoms with van der Waals surface area (Å²) in [5.41, 5.74) is 0. The summed E-state index contributed by atoms with van der Waals surface area (Å²) in [7, 11) is 0. The van der Waals surface area contributed by atoms with Crippen molar-refractivity contribution in [3.8, 4) is 0 Å². The molecule has 0 bridgehead atoms. The Labute approximate surface area is 81.1 Å². The Morgan fingerprint density at radius 1 is 1.00 bits per heavy atom. The zero-order chi connectivity index (χ0) is 0. The van der Waals surface area contributed by atoms with Gasteiger partial charge >= 0.3 is 0 Å². The second kappa shape index (κ2) is 17.3. The van der Waals surface area contributed by atoms with Crippen LogP contribution in [0.3, 0.4) is 0 Å². The zero-order valence-electron chi connectivity index (χ0n) is 1.45. The summed E-state index contributed by atoms with van der Waals surface area (Å²) in [5, 5.41) is 0. The summed E-state index contributed by atoms with van der Waals surface area (Å²) in [6.45, 7) is 0. The molecule has 0 N–H and O–H groups in total. The molecule has 4 heavy (non-hydrogen) atoms. The molecule has 0 aromatic heterocycles. The summed E-state index contributed by atoms with van der Waals surface area (Å²) in [4.78, 5) is 0. The van der Waals surface area contributed by atoms with E-state index in [4.69, 9.17) is 0 Å². The van der Waals surface area contributed by atoms with E-state index in [0.29, 0.717) is 0 Å². The molecule has 0 nitrogen and oxygen atoms in total. The van der Waals surface area contributed by atoms with Crippen molar-refractivity contribution in [3.05, 3.63) is 0 Å². The quantitative estimate of drug-likeness (QED) is 0.354. The van der Waals surface area contributed by atoms with Crippen LogP contribution in [0.2, 0.25) is 0 Å². The van der Waals surface area contributed by atoms with Crippen LogP contribution in [0.5, 0.6) is 0 Å². The molecular weight excluding hydrogens is 581 g/mol. The third kappa shape index (κ3) is 8.82. The van der Waals surface area contributed by atoms with Crippen LogP contribution in [0.4, 0.5) is 0 Å². The van der Waals surface area contributed by atoms with Crippen LogP contribution in [-0.4, -0.2) is 0 Å². The Kier molecular flexibility index (Phi) is 130. The van der Waals surface area contributed by atoms with Crippen molar-refractivity contribution in [1.82, 2.24) is 0 Å². The first kappa shape index (κ1) is 30.0. The van der Waals surface area contributed by atoms with Gasteiger partial charge < -0.3 is 0 Å². The topological polar surface area (TPSA) is 0 Å². The van der Waals surface area contributed by atoms with Crippen molar-refractivity contribution >= 4 is 0 Å². The number of hydrogen-bond acceptors (Lipinski definition) is 0. The molecular formula is IrPdRuTa. The van der Waals surface area contributed by atoms with Gasteiger partial charge in [0.1, 0.15) is 0 Å². The molecule has 0 atom stereocenters. The fraction of sp³-hybridized carbons (Fsp3) is 0. The van der Waals surface area contributed by atoms with Gasteiger partial charge in [-0.2, -0.15) is 0 Å². The molecule has 0 saturated carbocycles. The van der Waals surface area contributed by atoms with Crippen molar-refractivity contribution < 1.29 is 82.4 Å². The van der Waals surface area contributed by atoms with Gasteiger partial charge in [-0.3, -0.25) is 0 Å². The van der Waals surface area contributed by atoms with E-state index >= 15 is 0 Å². The molecule has 2 radical (unpaired) electrons. The van der Waals surface area contributed by atoms with Crippen LogP contribution in [-0.2, 0) is 82.4 Å². The largest absolute Gasteiger partial charge is 0 e. The van der Waals surface area contributed by atoms with E-state index in [1.165, 1.54) is 0 Å². The minimum absolute atomic E-state index is 0. The minimum Gasteiger partial charge on any atom is 0 e. The summed E-state index contributed by atoms with van der Waals surface area (Å²) in [5.74, 6) is 0. The van der Waals surface area contributed by atoms with E-state index in [0.717, 1.165) is 0 Å². The Hall–Kier alpha value is 2.68. The number of rotatable bonds is 0. The Morgan fingerprint density at radius 2 is 1.00 bits per heavy atom. The molecule has 0 aromatic carbocycles. The molecule has 0 rings (SSSR count). The van der Waals surface area contributed by atoms with Gasteiger partial charge in [-0.05, 0) is 0 Å². The fourth-order valence-electron chi connectivity index (χ4n) is 0. The molecule has 0 aromatic rings. The first-order valence-corrected chi connectivity index (χ1v) is 0. The van der Waals surface area contributed by atoms with Gasteiger partial charge in [-0.15, -0.1) is 0 Å². The van der Waals surface area contributed by atoms with E-state index < -0.39 is 0 Å².